The predicted molar refractivity (Wildman–Crippen MR) is 89.0 cm³/mol. The first-order valence-corrected chi connectivity index (χ1v) is 8.30. The zero-order valence-electron chi connectivity index (χ0n) is 12.4. The van der Waals surface area contributed by atoms with Gasteiger partial charge in [-0.25, -0.2) is 0 Å². The van der Waals surface area contributed by atoms with Gasteiger partial charge in [-0.05, 0) is 42.7 Å². The van der Waals surface area contributed by atoms with E-state index in [2.05, 4.69) is 0 Å². The fourth-order valence-corrected chi connectivity index (χ4v) is 3.71. The van der Waals surface area contributed by atoms with Crippen LogP contribution in [-0.4, -0.2) is 28.6 Å². The van der Waals surface area contributed by atoms with Crippen molar-refractivity contribution in [3.63, 3.8) is 0 Å². The average Bonchev–Trinajstić information content (AvgIpc) is 3.04. The highest BCUT2D eigenvalue weighted by Crippen LogP contribution is 2.38. The van der Waals surface area contributed by atoms with E-state index in [-0.39, 0.29) is 6.04 Å². The highest BCUT2D eigenvalue weighted by molar-refractivity contribution is 6.35. The summed E-state index contributed by atoms with van der Waals surface area (Å²) in [5.41, 5.74) is 0.805. The number of rotatable bonds is 4. The van der Waals surface area contributed by atoms with Gasteiger partial charge in [0.2, 0.25) is 0 Å². The van der Waals surface area contributed by atoms with Crippen LogP contribution in [0.4, 0.5) is 0 Å². The number of carboxylic acid groups (broad SMARTS) is 1. The maximum absolute atomic E-state index is 11.7. The molecule has 0 amide bonds. The molecule has 2 atom stereocenters. The second-order valence-corrected chi connectivity index (χ2v) is 6.52. The summed E-state index contributed by atoms with van der Waals surface area (Å²) in [7, 11) is 0. The van der Waals surface area contributed by atoms with Crippen LogP contribution in [0.2, 0.25) is 10.0 Å². The third-order valence-corrected chi connectivity index (χ3v) is 4.79. The number of piperidine rings is 1. The van der Waals surface area contributed by atoms with E-state index in [1.165, 1.54) is 0 Å². The van der Waals surface area contributed by atoms with Crippen molar-refractivity contribution in [2.45, 2.75) is 31.3 Å². The van der Waals surface area contributed by atoms with Crippen LogP contribution >= 0.6 is 23.2 Å². The lowest BCUT2D eigenvalue weighted by Crippen LogP contribution is -2.46. The zero-order valence-corrected chi connectivity index (χ0v) is 13.9. The topological polar surface area (TPSA) is 53.7 Å². The van der Waals surface area contributed by atoms with Crippen molar-refractivity contribution in [2.75, 3.05) is 6.54 Å². The molecule has 4 nitrogen and oxygen atoms in total. The van der Waals surface area contributed by atoms with E-state index in [9.17, 15) is 9.90 Å². The van der Waals surface area contributed by atoms with Crippen molar-refractivity contribution < 1.29 is 14.3 Å². The van der Waals surface area contributed by atoms with Crippen molar-refractivity contribution in [3.05, 3.63) is 58.0 Å². The molecule has 2 aromatic rings. The van der Waals surface area contributed by atoms with E-state index < -0.39 is 12.0 Å². The molecule has 0 aliphatic carbocycles. The van der Waals surface area contributed by atoms with E-state index in [1.807, 2.05) is 17.0 Å². The Labute approximate surface area is 144 Å². The number of hydrogen-bond acceptors (Lipinski definition) is 3. The van der Waals surface area contributed by atoms with Gasteiger partial charge >= 0.3 is 5.97 Å². The quantitative estimate of drug-likeness (QED) is 0.871. The van der Waals surface area contributed by atoms with Gasteiger partial charge in [0.25, 0.3) is 0 Å². The molecule has 1 N–H and O–H groups in total. The maximum atomic E-state index is 11.7. The summed E-state index contributed by atoms with van der Waals surface area (Å²) in [6, 6.07) is 8.04. The molecule has 0 spiro atoms. The van der Waals surface area contributed by atoms with Crippen molar-refractivity contribution in [1.82, 2.24) is 4.90 Å². The standard InChI is InChI=1S/C17H17Cl2NO3/c18-11-6-7-12(13(19)10-11)16(15-5-3-9-23-15)20-8-2-1-4-14(20)17(21)22/h3,5-7,9-10,14,16H,1-2,4,8H2,(H,21,22). The summed E-state index contributed by atoms with van der Waals surface area (Å²) < 4.78 is 5.59. The van der Waals surface area contributed by atoms with Crippen LogP contribution in [0.1, 0.15) is 36.6 Å². The summed E-state index contributed by atoms with van der Waals surface area (Å²) in [4.78, 5) is 13.6. The molecule has 1 aromatic carbocycles. The van der Waals surface area contributed by atoms with Crippen LogP contribution in [0.15, 0.2) is 41.0 Å². The lowest BCUT2D eigenvalue weighted by atomic mass is 9.95. The molecule has 3 rings (SSSR count). The molecule has 6 heteroatoms. The summed E-state index contributed by atoms with van der Waals surface area (Å²) >= 11 is 12.4. The molecule has 0 saturated carbocycles. The molecule has 0 bridgehead atoms. The summed E-state index contributed by atoms with van der Waals surface area (Å²) in [6.07, 6.45) is 4.07. The highest BCUT2D eigenvalue weighted by Gasteiger charge is 2.37. The maximum Gasteiger partial charge on any atom is 0.320 e. The Bertz CT molecular complexity index is 687. The van der Waals surface area contributed by atoms with Crippen LogP contribution in [0.25, 0.3) is 0 Å². The minimum absolute atomic E-state index is 0.337. The van der Waals surface area contributed by atoms with E-state index in [0.29, 0.717) is 28.8 Å². The highest BCUT2D eigenvalue weighted by atomic mass is 35.5. The van der Waals surface area contributed by atoms with Crippen molar-refractivity contribution in [3.8, 4) is 0 Å². The van der Waals surface area contributed by atoms with Crippen LogP contribution in [0, 0.1) is 0 Å². The summed E-state index contributed by atoms with van der Waals surface area (Å²) in [5.74, 6) is -0.131. The van der Waals surface area contributed by atoms with Crippen LogP contribution in [0.5, 0.6) is 0 Å². The first-order chi connectivity index (χ1) is 11.1. The molecule has 1 aliphatic heterocycles. The van der Waals surface area contributed by atoms with Gasteiger partial charge in [-0.2, -0.15) is 0 Å². The molecule has 23 heavy (non-hydrogen) atoms. The van der Waals surface area contributed by atoms with Crippen LogP contribution < -0.4 is 0 Å². The number of likely N-dealkylation sites (tertiary alicyclic amines) is 1. The number of hydrogen-bond donors (Lipinski definition) is 1. The molecule has 1 aliphatic rings. The van der Waals surface area contributed by atoms with Gasteiger partial charge in [-0.3, -0.25) is 9.69 Å². The molecule has 1 fully saturated rings. The van der Waals surface area contributed by atoms with Gasteiger partial charge in [0.15, 0.2) is 0 Å². The number of nitrogens with zero attached hydrogens (tertiary/aromatic N) is 1. The predicted octanol–water partition coefficient (Wildman–Crippen LogP) is 4.61. The van der Waals surface area contributed by atoms with Gasteiger partial charge < -0.3 is 9.52 Å². The molecule has 2 unspecified atom stereocenters. The largest absolute Gasteiger partial charge is 0.480 e. The SMILES string of the molecule is O=C(O)C1CCCCN1C(c1ccco1)c1ccc(Cl)cc1Cl. The van der Waals surface area contributed by atoms with Gasteiger partial charge in [0.05, 0.1) is 12.3 Å². The van der Waals surface area contributed by atoms with Crippen molar-refractivity contribution in [2.24, 2.45) is 0 Å². The van der Waals surface area contributed by atoms with Gasteiger partial charge in [0.1, 0.15) is 11.8 Å². The zero-order chi connectivity index (χ0) is 16.4. The number of furan rings is 1. The van der Waals surface area contributed by atoms with Gasteiger partial charge in [0, 0.05) is 16.6 Å². The molecule has 0 radical (unpaired) electrons. The molecule has 1 saturated heterocycles. The normalized spacial score (nSPS) is 20.3. The first kappa shape index (κ1) is 16.4. The van der Waals surface area contributed by atoms with Crippen LogP contribution in [0.3, 0.4) is 0 Å². The number of carbonyl (C=O) groups is 1. The lowest BCUT2D eigenvalue weighted by molar-refractivity contribution is -0.145. The minimum Gasteiger partial charge on any atom is -0.480 e. The molecule has 122 valence electrons. The average molecular weight is 354 g/mol. The number of carboxylic acids is 1. The van der Waals surface area contributed by atoms with Gasteiger partial charge in [-0.15, -0.1) is 0 Å². The third-order valence-electron chi connectivity index (χ3n) is 4.23. The van der Waals surface area contributed by atoms with Crippen molar-refractivity contribution in [1.29, 1.82) is 0 Å². The monoisotopic (exact) mass is 353 g/mol. The smallest absolute Gasteiger partial charge is 0.320 e. The Morgan fingerprint density at radius 3 is 2.78 bits per heavy atom. The number of benzene rings is 1. The molecular formula is C17H17Cl2NO3. The van der Waals surface area contributed by atoms with E-state index in [0.717, 1.165) is 18.4 Å². The Kier molecular flexibility index (Phi) is 4.95. The third kappa shape index (κ3) is 3.39. The minimum atomic E-state index is -0.814. The number of aliphatic carboxylic acids is 1. The summed E-state index contributed by atoms with van der Waals surface area (Å²) in [5, 5.41) is 10.6. The Hall–Kier alpha value is -1.49. The second-order valence-electron chi connectivity index (χ2n) is 5.67. The Morgan fingerprint density at radius 1 is 1.30 bits per heavy atom. The van der Waals surface area contributed by atoms with Gasteiger partial charge in [-0.1, -0.05) is 35.7 Å². The van der Waals surface area contributed by atoms with E-state index >= 15 is 0 Å². The Morgan fingerprint density at radius 2 is 2.13 bits per heavy atom. The first-order valence-electron chi connectivity index (χ1n) is 7.55. The summed E-state index contributed by atoms with van der Waals surface area (Å²) in [6.45, 7) is 0.682. The molecule has 2 heterocycles. The van der Waals surface area contributed by atoms with Crippen LogP contribution in [-0.2, 0) is 4.79 Å². The second kappa shape index (κ2) is 6.95. The molecule has 1 aromatic heterocycles. The van der Waals surface area contributed by atoms with Crippen molar-refractivity contribution >= 4 is 29.2 Å². The fourth-order valence-electron chi connectivity index (χ4n) is 3.19. The van der Waals surface area contributed by atoms with E-state index in [4.69, 9.17) is 27.6 Å². The van der Waals surface area contributed by atoms with E-state index in [1.54, 1.807) is 24.5 Å². The lowest BCUT2D eigenvalue weighted by Gasteiger charge is -2.38. The number of halogens is 2. The Balaban J connectivity index is 2.07. The fraction of sp³-hybridized carbons (Fsp3) is 0.353. The molecular weight excluding hydrogens is 337 g/mol.